The molecule has 0 radical (unpaired) electrons. The second-order valence-corrected chi connectivity index (χ2v) is 5.72. The van der Waals surface area contributed by atoms with Crippen LogP contribution in [0.2, 0.25) is 0 Å². The minimum absolute atomic E-state index is 0.211. The van der Waals surface area contributed by atoms with E-state index in [9.17, 15) is 4.79 Å². The smallest absolute Gasteiger partial charge is 0.316 e. The molecular formula is C21H20N2O. The highest BCUT2D eigenvalue weighted by atomic mass is 16.2. The average Bonchev–Trinajstić information content (AvgIpc) is 2.62. The van der Waals surface area contributed by atoms with Gasteiger partial charge < -0.3 is 11.1 Å². The van der Waals surface area contributed by atoms with Crippen LogP contribution in [0.4, 0.5) is 10.5 Å². The normalized spacial score (nSPS) is 10.5. The highest BCUT2D eigenvalue weighted by Gasteiger charge is 2.16. The van der Waals surface area contributed by atoms with Crippen molar-refractivity contribution < 1.29 is 4.79 Å². The first-order chi connectivity index (χ1) is 11.7. The van der Waals surface area contributed by atoms with Crippen molar-refractivity contribution in [2.45, 2.75) is 12.3 Å². The zero-order valence-corrected chi connectivity index (χ0v) is 13.4. The Hall–Kier alpha value is -3.07. The Morgan fingerprint density at radius 1 is 0.792 bits per heavy atom. The summed E-state index contributed by atoms with van der Waals surface area (Å²) in [4.78, 5) is 11.3. The van der Waals surface area contributed by atoms with Crippen molar-refractivity contribution in [2.75, 3.05) is 5.32 Å². The van der Waals surface area contributed by atoms with Gasteiger partial charge in [-0.25, -0.2) is 4.79 Å². The second-order valence-electron chi connectivity index (χ2n) is 5.72. The number of amides is 2. The quantitative estimate of drug-likeness (QED) is 0.712. The van der Waals surface area contributed by atoms with E-state index in [1.54, 1.807) is 0 Å². The first-order valence-corrected chi connectivity index (χ1v) is 7.98. The summed E-state index contributed by atoms with van der Waals surface area (Å²) in [6.07, 6.45) is 0.782. The molecule has 3 rings (SSSR count). The maximum atomic E-state index is 11.3. The summed E-state index contributed by atoms with van der Waals surface area (Å²) in [7, 11) is 0. The molecule has 0 spiro atoms. The van der Waals surface area contributed by atoms with Gasteiger partial charge in [0.15, 0.2) is 0 Å². The van der Waals surface area contributed by atoms with Crippen molar-refractivity contribution in [3.63, 3.8) is 0 Å². The van der Waals surface area contributed by atoms with Crippen LogP contribution in [0.3, 0.4) is 0 Å². The van der Waals surface area contributed by atoms with Crippen molar-refractivity contribution in [3.8, 4) is 0 Å². The van der Waals surface area contributed by atoms with Gasteiger partial charge in [-0.2, -0.15) is 0 Å². The maximum Gasteiger partial charge on any atom is 0.316 e. The summed E-state index contributed by atoms with van der Waals surface area (Å²) in [6.45, 7) is 0. The Morgan fingerprint density at radius 2 is 1.29 bits per heavy atom. The van der Waals surface area contributed by atoms with E-state index in [4.69, 9.17) is 5.73 Å². The predicted molar refractivity (Wildman–Crippen MR) is 98.1 cm³/mol. The zero-order chi connectivity index (χ0) is 16.8. The number of hydrogen-bond donors (Lipinski definition) is 2. The first-order valence-electron chi connectivity index (χ1n) is 7.98. The van der Waals surface area contributed by atoms with Crippen LogP contribution >= 0.6 is 0 Å². The fraction of sp³-hybridized carbons (Fsp3) is 0.0952. The molecule has 3 aromatic carbocycles. The lowest BCUT2D eigenvalue weighted by Crippen LogP contribution is -2.20. The molecule has 0 aliphatic carbocycles. The molecule has 3 heteroatoms. The fourth-order valence-electron chi connectivity index (χ4n) is 2.97. The number of nitrogens with one attached hydrogen (secondary N) is 1. The van der Waals surface area contributed by atoms with Gasteiger partial charge in [0.1, 0.15) is 0 Å². The van der Waals surface area contributed by atoms with Crippen molar-refractivity contribution in [1.29, 1.82) is 0 Å². The third-order valence-corrected chi connectivity index (χ3v) is 4.10. The van der Waals surface area contributed by atoms with Crippen LogP contribution < -0.4 is 11.1 Å². The standard InChI is InChI=1S/C21H20N2O/c22-21(24)23-20-14-8-7-13-18(20)15-19(16-9-3-1-4-10-16)17-11-5-2-6-12-17/h1-14,19H,15H2,(H3,22,23,24). The lowest BCUT2D eigenvalue weighted by atomic mass is 9.85. The SMILES string of the molecule is NC(=O)Nc1ccccc1CC(c1ccccc1)c1ccccc1. The van der Waals surface area contributed by atoms with Crippen LogP contribution in [0.5, 0.6) is 0 Å². The molecule has 0 aromatic heterocycles. The molecule has 0 atom stereocenters. The van der Waals surface area contributed by atoms with Crippen LogP contribution in [-0.2, 0) is 6.42 Å². The first kappa shape index (κ1) is 15.8. The van der Waals surface area contributed by atoms with Gasteiger partial charge in [-0.05, 0) is 29.2 Å². The highest BCUT2D eigenvalue weighted by molar-refractivity contribution is 5.88. The molecule has 0 aliphatic rings. The molecule has 0 unspecified atom stereocenters. The topological polar surface area (TPSA) is 55.1 Å². The summed E-state index contributed by atoms with van der Waals surface area (Å²) in [5, 5.41) is 2.72. The minimum Gasteiger partial charge on any atom is -0.351 e. The molecule has 0 fully saturated rings. The van der Waals surface area contributed by atoms with Crippen molar-refractivity contribution in [1.82, 2.24) is 0 Å². The van der Waals surface area contributed by atoms with Gasteiger partial charge in [0.25, 0.3) is 0 Å². The van der Waals surface area contributed by atoms with Crippen LogP contribution in [0.25, 0.3) is 0 Å². The van der Waals surface area contributed by atoms with Crippen molar-refractivity contribution in [3.05, 3.63) is 102 Å². The van der Waals surface area contributed by atoms with E-state index in [0.717, 1.165) is 17.7 Å². The molecule has 120 valence electrons. The van der Waals surface area contributed by atoms with E-state index in [-0.39, 0.29) is 5.92 Å². The Balaban J connectivity index is 1.98. The third kappa shape index (κ3) is 3.82. The summed E-state index contributed by atoms with van der Waals surface area (Å²) < 4.78 is 0. The second kappa shape index (κ2) is 7.47. The van der Waals surface area contributed by atoms with Crippen LogP contribution in [0.1, 0.15) is 22.6 Å². The third-order valence-electron chi connectivity index (χ3n) is 4.10. The summed E-state index contributed by atoms with van der Waals surface area (Å²) in [6, 6.07) is 28.1. The van der Waals surface area contributed by atoms with Gasteiger partial charge >= 0.3 is 6.03 Å². The van der Waals surface area contributed by atoms with E-state index >= 15 is 0 Å². The minimum atomic E-state index is -0.543. The molecule has 0 saturated heterocycles. The van der Waals surface area contributed by atoms with E-state index in [1.165, 1.54) is 11.1 Å². The number of benzene rings is 3. The number of primary amides is 1. The number of para-hydroxylation sites is 1. The molecule has 0 bridgehead atoms. The molecule has 3 nitrogen and oxygen atoms in total. The Labute approximate surface area is 142 Å². The van der Waals surface area contributed by atoms with Gasteiger partial charge in [0, 0.05) is 11.6 Å². The largest absolute Gasteiger partial charge is 0.351 e. The van der Waals surface area contributed by atoms with Gasteiger partial charge in [-0.3, -0.25) is 0 Å². The maximum absolute atomic E-state index is 11.3. The van der Waals surface area contributed by atoms with Crippen LogP contribution in [0, 0.1) is 0 Å². The van der Waals surface area contributed by atoms with E-state index in [1.807, 2.05) is 36.4 Å². The summed E-state index contributed by atoms with van der Waals surface area (Å²) in [5.41, 5.74) is 9.62. The molecule has 3 N–H and O–H groups in total. The monoisotopic (exact) mass is 316 g/mol. The predicted octanol–water partition coefficient (Wildman–Crippen LogP) is 4.55. The lowest BCUT2D eigenvalue weighted by Gasteiger charge is -2.20. The summed E-state index contributed by atoms with van der Waals surface area (Å²) in [5.74, 6) is 0.211. The fourth-order valence-corrected chi connectivity index (χ4v) is 2.97. The number of urea groups is 1. The van der Waals surface area contributed by atoms with Crippen molar-refractivity contribution in [2.24, 2.45) is 5.73 Å². The lowest BCUT2D eigenvalue weighted by molar-refractivity contribution is 0.259. The molecule has 24 heavy (non-hydrogen) atoms. The van der Waals surface area contributed by atoms with Gasteiger partial charge in [0.05, 0.1) is 0 Å². The van der Waals surface area contributed by atoms with E-state index < -0.39 is 6.03 Å². The number of carbonyl (C=O) groups excluding carboxylic acids is 1. The molecule has 0 heterocycles. The molecule has 0 saturated carbocycles. The number of nitrogens with two attached hydrogens (primary N) is 1. The van der Waals surface area contributed by atoms with Gasteiger partial charge in [0.2, 0.25) is 0 Å². The Kier molecular flexibility index (Phi) is 4.92. The molecule has 0 aliphatic heterocycles. The van der Waals surface area contributed by atoms with Crippen molar-refractivity contribution >= 4 is 11.7 Å². The van der Waals surface area contributed by atoms with E-state index in [2.05, 4.69) is 53.8 Å². The van der Waals surface area contributed by atoms with Gasteiger partial charge in [-0.15, -0.1) is 0 Å². The molecule has 2 amide bonds. The number of carbonyl (C=O) groups is 1. The molecule has 3 aromatic rings. The Morgan fingerprint density at radius 3 is 1.83 bits per heavy atom. The number of rotatable bonds is 5. The number of anilines is 1. The van der Waals surface area contributed by atoms with Crippen LogP contribution in [0.15, 0.2) is 84.9 Å². The Bertz CT molecular complexity index is 761. The van der Waals surface area contributed by atoms with Gasteiger partial charge in [-0.1, -0.05) is 78.9 Å². The van der Waals surface area contributed by atoms with E-state index in [0.29, 0.717) is 0 Å². The number of hydrogen-bond acceptors (Lipinski definition) is 1. The highest BCUT2D eigenvalue weighted by Crippen LogP contribution is 2.30. The van der Waals surface area contributed by atoms with Crippen LogP contribution in [-0.4, -0.2) is 6.03 Å². The average molecular weight is 316 g/mol. The summed E-state index contributed by atoms with van der Waals surface area (Å²) >= 11 is 0. The zero-order valence-electron chi connectivity index (χ0n) is 13.4. The molecular weight excluding hydrogens is 296 g/mol.